The highest BCUT2D eigenvalue weighted by molar-refractivity contribution is 5.69. The van der Waals surface area contributed by atoms with Crippen LogP contribution in [0.4, 0.5) is 0 Å². The number of carboxylic acid groups (broad SMARTS) is 1. The molecule has 0 aromatic carbocycles. The SMILES string of the molecule is C=CC(C)N(C)CC(C)C(=O)O. The molecule has 2 atom stereocenters. The number of carbonyl (C=O) groups is 1. The van der Waals surface area contributed by atoms with Crippen LogP contribution in [0.25, 0.3) is 0 Å². The Labute approximate surface area is 73.7 Å². The van der Waals surface area contributed by atoms with Crippen molar-refractivity contribution >= 4 is 5.97 Å². The van der Waals surface area contributed by atoms with Gasteiger partial charge < -0.3 is 5.11 Å². The van der Waals surface area contributed by atoms with Crippen LogP contribution < -0.4 is 0 Å². The van der Waals surface area contributed by atoms with Gasteiger partial charge in [-0.15, -0.1) is 6.58 Å². The van der Waals surface area contributed by atoms with Crippen LogP contribution in [0.15, 0.2) is 12.7 Å². The van der Waals surface area contributed by atoms with Crippen molar-refractivity contribution in [1.82, 2.24) is 4.90 Å². The van der Waals surface area contributed by atoms with Crippen molar-refractivity contribution in [2.75, 3.05) is 13.6 Å². The summed E-state index contributed by atoms with van der Waals surface area (Å²) in [6, 6.07) is 0.229. The lowest BCUT2D eigenvalue weighted by Crippen LogP contribution is -2.34. The fraction of sp³-hybridized carbons (Fsp3) is 0.667. The Morgan fingerprint density at radius 3 is 2.50 bits per heavy atom. The zero-order chi connectivity index (χ0) is 9.72. The second kappa shape index (κ2) is 4.93. The summed E-state index contributed by atoms with van der Waals surface area (Å²) in [6.45, 7) is 7.89. The third kappa shape index (κ3) is 3.53. The molecule has 0 saturated carbocycles. The molecule has 1 N–H and O–H groups in total. The molecule has 0 aromatic rings. The second-order valence-electron chi connectivity index (χ2n) is 3.16. The monoisotopic (exact) mass is 171 g/mol. The molecule has 0 rings (SSSR count). The molecule has 0 fully saturated rings. The molecule has 70 valence electrons. The van der Waals surface area contributed by atoms with Gasteiger partial charge in [0, 0.05) is 12.6 Å². The van der Waals surface area contributed by atoms with E-state index in [0.29, 0.717) is 6.54 Å². The molecule has 0 aliphatic carbocycles. The van der Waals surface area contributed by atoms with Gasteiger partial charge in [-0.25, -0.2) is 0 Å². The van der Waals surface area contributed by atoms with E-state index in [1.54, 1.807) is 13.0 Å². The maximum Gasteiger partial charge on any atom is 0.307 e. The van der Waals surface area contributed by atoms with Crippen LogP contribution in [0.3, 0.4) is 0 Å². The van der Waals surface area contributed by atoms with Crippen LogP contribution in [-0.2, 0) is 4.79 Å². The first-order chi connectivity index (χ1) is 5.49. The van der Waals surface area contributed by atoms with Crippen molar-refractivity contribution in [1.29, 1.82) is 0 Å². The van der Waals surface area contributed by atoms with E-state index >= 15 is 0 Å². The summed E-state index contributed by atoms with van der Waals surface area (Å²) >= 11 is 0. The number of likely N-dealkylation sites (N-methyl/N-ethyl adjacent to an activating group) is 1. The van der Waals surface area contributed by atoms with E-state index < -0.39 is 5.97 Å². The van der Waals surface area contributed by atoms with Crippen molar-refractivity contribution in [3.8, 4) is 0 Å². The Hall–Kier alpha value is -0.830. The van der Waals surface area contributed by atoms with Crippen LogP contribution in [0, 0.1) is 5.92 Å². The van der Waals surface area contributed by atoms with Crippen LogP contribution in [0.1, 0.15) is 13.8 Å². The van der Waals surface area contributed by atoms with Gasteiger partial charge in [0.25, 0.3) is 0 Å². The summed E-state index contributed by atoms with van der Waals surface area (Å²) in [4.78, 5) is 12.5. The Morgan fingerprint density at radius 1 is 1.67 bits per heavy atom. The van der Waals surface area contributed by atoms with Crippen LogP contribution in [-0.4, -0.2) is 35.6 Å². The van der Waals surface area contributed by atoms with Gasteiger partial charge in [0.15, 0.2) is 0 Å². The van der Waals surface area contributed by atoms with Crippen molar-refractivity contribution < 1.29 is 9.90 Å². The van der Waals surface area contributed by atoms with E-state index in [9.17, 15) is 4.79 Å². The van der Waals surface area contributed by atoms with Gasteiger partial charge in [-0.1, -0.05) is 13.0 Å². The Kier molecular flexibility index (Phi) is 4.59. The standard InChI is InChI=1S/C9H17NO2/c1-5-8(3)10(4)6-7(2)9(11)12/h5,7-8H,1,6H2,2-4H3,(H,11,12). The van der Waals surface area contributed by atoms with Gasteiger partial charge in [-0.2, -0.15) is 0 Å². The average molecular weight is 171 g/mol. The molecule has 3 heteroatoms. The average Bonchev–Trinajstić information content (AvgIpc) is 2.02. The normalized spacial score (nSPS) is 15.7. The van der Waals surface area contributed by atoms with E-state index in [0.717, 1.165) is 0 Å². The number of rotatable bonds is 5. The van der Waals surface area contributed by atoms with Crippen LogP contribution >= 0.6 is 0 Å². The Morgan fingerprint density at radius 2 is 2.17 bits per heavy atom. The summed E-state index contributed by atoms with van der Waals surface area (Å²) in [5.41, 5.74) is 0. The van der Waals surface area contributed by atoms with Gasteiger partial charge in [0.2, 0.25) is 0 Å². The van der Waals surface area contributed by atoms with E-state index in [-0.39, 0.29) is 12.0 Å². The lowest BCUT2D eigenvalue weighted by molar-refractivity contribution is -0.141. The first-order valence-electron chi connectivity index (χ1n) is 4.04. The summed E-state index contributed by atoms with van der Waals surface area (Å²) in [7, 11) is 1.89. The first kappa shape index (κ1) is 11.2. The smallest absolute Gasteiger partial charge is 0.307 e. The van der Waals surface area contributed by atoms with Gasteiger partial charge in [0.05, 0.1) is 5.92 Å². The van der Waals surface area contributed by atoms with Crippen molar-refractivity contribution in [3.63, 3.8) is 0 Å². The molecule has 0 amide bonds. The largest absolute Gasteiger partial charge is 0.481 e. The molecule has 0 aromatic heterocycles. The highest BCUT2D eigenvalue weighted by Gasteiger charge is 2.15. The van der Waals surface area contributed by atoms with E-state index in [4.69, 9.17) is 5.11 Å². The minimum Gasteiger partial charge on any atom is -0.481 e. The molecule has 3 nitrogen and oxygen atoms in total. The van der Waals surface area contributed by atoms with Gasteiger partial charge in [0.1, 0.15) is 0 Å². The second-order valence-corrected chi connectivity index (χ2v) is 3.16. The molecule has 12 heavy (non-hydrogen) atoms. The van der Waals surface area contributed by atoms with Crippen molar-refractivity contribution in [2.24, 2.45) is 5.92 Å². The first-order valence-corrected chi connectivity index (χ1v) is 4.04. The van der Waals surface area contributed by atoms with Crippen LogP contribution in [0.2, 0.25) is 0 Å². The minimum absolute atomic E-state index is 0.229. The van der Waals surface area contributed by atoms with Gasteiger partial charge in [-0.3, -0.25) is 9.69 Å². The number of carboxylic acids is 1. The van der Waals surface area contributed by atoms with Gasteiger partial charge in [-0.05, 0) is 14.0 Å². The number of aliphatic carboxylic acids is 1. The molecule has 0 spiro atoms. The summed E-state index contributed by atoms with van der Waals surface area (Å²) in [5, 5.41) is 8.63. The number of hydrogen-bond donors (Lipinski definition) is 1. The predicted molar refractivity (Wildman–Crippen MR) is 49.1 cm³/mol. The maximum absolute atomic E-state index is 10.5. The lowest BCUT2D eigenvalue weighted by atomic mass is 10.1. The fourth-order valence-electron chi connectivity index (χ4n) is 0.856. The highest BCUT2D eigenvalue weighted by atomic mass is 16.4. The molecule has 0 heterocycles. The Balaban J connectivity index is 3.90. The molecular formula is C9H17NO2. The van der Waals surface area contributed by atoms with E-state index in [1.165, 1.54) is 0 Å². The quantitative estimate of drug-likeness (QED) is 0.632. The third-order valence-corrected chi connectivity index (χ3v) is 2.02. The molecule has 0 saturated heterocycles. The Bertz CT molecular complexity index is 168. The highest BCUT2D eigenvalue weighted by Crippen LogP contribution is 2.02. The van der Waals surface area contributed by atoms with Crippen molar-refractivity contribution in [2.45, 2.75) is 19.9 Å². The number of hydrogen-bond acceptors (Lipinski definition) is 2. The van der Waals surface area contributed by atoms with E-state index in [2.05, 4.69) is 6.58 Å². The molecule has 0 aliphatic rings. The molecule has 0 bridgehead atoms. The summed E-state index contributed by atoms with van der Waals surface area (Å²) in [5.74, 6) is -1.07. The summed E-state index contributed by atoms with van der Waals surface area (Å²) in [6.07, 6.45) is 1.80. The zero-order valence-electron chi connectivity index (χ0n) is 7.95. The molecule has 0 radical (unpaired) electrons. The third-order valence-electron chi connectivity index (χ3n) is 2.02. The van der Waals surface area contributed by atoms with E-state index in [1.807, 2.05) is 18.9 Å². The minimum atomic E-state index is -0.752. The molecule has 0 aliphatic heterocycles. The van der Waals surface area contributed by atoms with Crippen LogP contribution in [0.5, 0.6) is 0 Å². The summed E-state index contributed by atoms with van der Waals surface area (Å²) < 4.78 is 0. The fourth-order valence-corrected chi connectivity index (χ4v) is 0.856. The van der Waals surface area contributed by atoms with Gasteiger partial charge >= 0.3 is 5.97 Å². The number of nitrogens with zero attached hydrogens (tertiary/aromatic N) is 1. The molecule has 2 unspecified atom stereocenters. The van der Waals surface area contributed by atoms with Crippen molar-refractivity contribution in [3.05, 3.63) is 12.7 Å². The zero-order valence-corrected chi connectivity index (χ0v) is 7.95. The molecular weight excluding hydrogens is 154 g/mol. The topological polar surface area (TPSA) is 40.5 Å². The lowest BCUT2D eigenvalue weighted by Gasteiger charge is -2.23. The predicted octanol–water partition coefficient (Wildman–Crippen LogP) is 1.21. The maximum atomic E-state index is 10.5.